The number of nitrogens with one attached hydrogen (secondary N) is 2. The van der Waals surface area contributed by atoms with Gasteiger partial charge >= 0.3 is 5.97 Å². The summed E-state index contributed by atoms with van der Waals surface area (Å²) in [5.74, 6) is 2.01. The van der Waals surface area contributed by atoms with Gasteiger partial charge in [0.15, 0.2) is 11.5 Å². The van der Waals surface area contributed by atoms with Crippen LogP contribution in [0.1, 0.15) is 40.1 Å². The van der Waals surface area contributed by atoms with Gasteiger partial charge in [-0.1, -0.05) is 0 Å². The summed E-state index contributed by atoms with van der Waals surface area (Å²) >= 11 is 3.24. The number of carboxylic acids is 1. The number of carbonyl (C=O) groups excluding carboxylic acids is 1. The van der Waals surface area contributed by atoms with Crippen LogP contribution in [-0.4, -0.2) is 114 Å². The highest BCUT2D eigenvalue weighted by atomic mass is 32.1. The molecule has 2 aliphatic carbocycles. The van der Waals surface area contributed by atoms with Crippen LogP contribution < -0.4 is 20.1 Å². The molecule has 19 heteroatoms. The fraction of sp³-hybridized carbons (Fsp3) is 0.364. The van der Waals surface area contributed by atoms with E-state index < -0.39 is 5.97 Å². The third kappa shape index (κ3) is 8.42. The van der Waals surface area contributed by atoms with Crippen molar-refractivity contribution in [2.75, 3.05) is 59.1 Å². The molecule has 1 amide bonds. The Kier molecular flexibility index (Phi) is 11.8. The first-order chi connectivity index (χ1) is 30.6. The lowest BCUT2D eigenvalue weighted by Crippen LogP contribution is -2.36. The van der Waals surface area contributed by atoms with E-state index in [1.807, 2.05) is 48.6 Å². The number of aryl methyl sites for hydroxylation is 2. The SMILES string of the molecule is COc1cn2nccc2cc1Nc1ncnc2sc3c(c12)CC[C@H](C(=O)N(C)CCCN(C)C)C3.COc1cn2nccc2cc1Nc1ncnc2sc3c(c12)CC[C@H](C(=O)O)C3. The molecule has 0 saturated heterocycles. The summed E-state index contributed by atoms with van der Waals surface area (Å²) in [6.07, 6.45) is 15.6. The lowest BCUT2D eigenvalue weighted by Gasteiger charge is -2.27. The Labute approximate surface area is 370 Å². The van der Waals surface area contributed by atoms with Crippen molar-refractivity contribution in [2.24, 2.45) is 11.8 Å². The number of carboxylic acid groups (broad SMARTS) is 1. The van der Waals surface area contributed by atoms with Crippen LogP contribution in [0.15, 0.2) is 61.7 Å². The van der Waals surface area contributed by atoms with Crippen molar-refractivity contribution >= 4 is 89.0 Å². The molecule has 10 rings (SSSR count). The number of aliphatic carboxylic acids is 1. The molecule has 8 heterocycles. The highest BCUT2D eigenvalue weighted by Crippen LogP contribution is 2.43. The Bertz CT molecular complexity index is 2980. The number of carbonyl (C=O) groups is 2. The van der Waals surface area contributed by atoms with Gasteiger partial charge in [-0.15, -0.1) is 22.7 Å². The average molecular weight is 889 g/mol. The van der Waals surface area contributed by atoms with Gasteiger partial charge in [0.25, 0.3) is 0 Å². The van der Waals surface area contributed by atoms with Crippen LogP contribution in [0.3, 0.4) is 0 Å². The maximum atomic E-state index is 13.1. The summed E-state index contributed by atoms with van der Waals surface area (Å²) in [4.78, 5) is 50.7. The minimum atomic E-state index is -0.730. The minimum Gasteiger partial charge on any atom is -0.493 e. The van der Waals surface area contributed by atoms with Gasteiger partial charge < -0.3 is 35.0 Å². The predicted molar refractivity (Wildman–Crippen MR) is 244 cm³/mol. The normalized spacial score (nSPS) is 15.8. The van der Waals surface area contributed by atoms with E-state index in [0.29, 0.717) is 36.6 Å². The smallest absolute Gasteiger partial charge is 0.306 e. The van der Waals surface area contributed by atoms with Gasteiger partial charge in [0, 0.05) is 41.7 Å². The van der Waals surface area contributed by atoms with Gasteiger partial charge in [-0.3, -0.25) is 9.59 Å². The van der Waals surface area contributed by atoms with Crippen molar-refractivity contribution in [3.8, 4) is 11.5 Å². The molecule has 8 aromatic heterocycles. The van der Waals surface area contributed by atoms with E-state index in [1.54, 1.807) is 64.6 Å². The Hall–Kier alpha value is -6.44. The Morgan fingerprint density at radius 1 is 0.762 bits per heavy atom. The Balaban J connectivity index is 0.000000164. The van der Waals surface area contributed by atoms with Crippen molar-refractivity contribution < 1.29 is 24.2 Å². The number of nitrogens with zero attached hydrogens (tertiary/aromatic N) is 10. The third-order valence-electron chi connectivity index (χ3n) is 11.8. The van der Waals surface area contributed by atoms with Crippen LogP contribution in [0.25, 0.3) is 31.5 Å². The fourth-order valence-corrected chi connectivity index (χ4v) is 11.1. The second-order valence-electron chi connectivity index (χ2n) is 16.1. The highest BCUT2D eigenvalue weighted by molar-refractivity contribution is 7.19. The summed E-state index contributed by atoms with van der Waals surface area (Å²) in [6.45, 7) is 1.77. The van der Waals surface area contributed by atoms with Gasteiger partial charge in [-0.2, -0.15) is 10.2 Å². The van der Waals surface area contributed by atoms with Crippen molar-refractivity contribution in [3.63, 3.8) is 0 Å². The molecule has 0 fully saturated rings. The topological polar surface area (TPSA) is 190 Å². The number of methoxy groups -OCH3 is 2. The first-order valence-electron chi connectivity index (χ1n) is 20.8. The molecular weight excluding hydrogens is 841 g/mol. The number of rotatable bonds is 12. The van der Waals surface area contributed by atoms with Gasteiger partial charge in [0.2, 0.25) is 5.91 Å². The Morgan fingerprint density at radius 2 is 1.27 bits per heavy atom. The number of anilines is 4. The van der Waals surface area contributed by atoms with E-state index in [2.05, 4.69) is 59.8 Å². The molecule has 2 aliphatic rings. The molecule has 326 valence electrons. The van der Waals surface area contributed by atoms with Gasteiger partial charge in [0.1, 0.15) is 34.0 Å². The van der Waals surface area contributed by atoms with Crippen molar-refractivity contribution in [2.45, 2.75) is 44.9 Å². The van der Waals surface area contributed by atoms with E-state index in [-0.39, 0.29) is 17.7 Å². The number of hydrogen-bond donors (Lipinski definition) is 3. The zero-order valence-corrected chi connectivity index (χ0v) is 37.3. The number of aromatic nitrogens is 8. The minimum absolute atomic E-state index is 0.0219. The molecule has 8 aromatic rings. The van der Waals surface area contributed by atoms with Crippen LogP contribution >= 0.6 is 22.7 Å². The quantitative estimate of drug-likeness (QED) is 0.115. The van der Waals surface area contributed by atoms with Crippen molar-refractivity contribution in [3.05, 3.63) is 82.6 Å². The molecular formula is C44H48N12O5S2. The predicted octanol–water partition coefficient (Wildman–Crippen LogP) is 6.89. The zero-order chi connectivity index (χ0) is 43.8. The fourth-order valence-electron chi connectivity index (χ4n) is 8.55. The van der Waals surface area contributed by atoms with E-state index in [9.17, 15) is 14.7 Å². The van der Waals surface area contributed by atoms with Crippen LogP contribution in [-0.2, 0) is 35.3 Å². The first-order valence-corrected chi connectivity index (χ1v) is 22.4. The van der Waals surface area contributed by atoms with Crippen LogP contribution in [0, 0.1) is 11.8 Å². The zero-order valence-electron chi connectivity index (χ0n) is 35.7. The lowest BCUT2D eigenvalue weighted by atomic mass is 9.87. The highest BCUT2D eigenvalue weighted by Gasteiger charge is 2.32. The van der Waals surface area contributed by atoms with Gasteiger partial charge in [-0.05, 0) is 101 Å². The van der Waals surface area contributed by atoms with Crippen LogP contribution in [0.4, 0.5) is 23.0 Å². The second kappa shape index (κ2) is 17.7. The van der Waals surface area contributed by atoms with Gasteiger partial charge in [0.05, 0.1) is 65.7 Å². The summed E-state index contributed by atoms with van der Waals surface area (Å²) in [5, 5.41) is 26.8. The number of pyridine rings is 2. The number of thiophene rings is 2. The third-order valence-corrected chi connectivity index (χ3v) is 14.1. The molecule has 63 heavy (non-hydrogen) atoms. The van der Waals surface area contributed by atoms with E-state index in [1.165, 1.54) is 16.8 Å². The monoisotopic (exact) mass is 888 g/mol. The molecule has 17 nitrogen and oxygen atoms in total. The molecule has 0 radical (unpaired) electrons. The molecule has 2 atom stereocenters. The molecule has 0 saturated carbocycles. The molecule has 0 spiro atoms. The molecule has 0 bridgehead atoms. The summed E-state index contributed by atoms with van der Waals surface area (Å²) < 4.78 is 14.6. The molecule has 0 unspecified atom stereocenters. The van der Waals surface area contributed by atoms with Crippen molar-refractivity contribution in [1.82, 2.24) is 49.0 Å². The van der Waals surface area contributed by atoms with Crippen LogP contribution in [0.2, 0.25) is 0 Å². The summed E-state index contributed by atoms with van der Waals surface area (Å²) in [6, 6.07) is 7.82. The average Bonchev–Trinajstić information content (AvgIpc) is 4.10. The van der Waals surface area contributed by atoms with Crippen molar-refractivity contribution in [1.29, 1.82) is 0 Å². The van der Waals surface area contributed by atoms with Crippen LogP contribution in [0.5, 0.6) is 11.5 Å². The van der Waals surface area contributed by atoms with E-state index >= 15 is 0 Å². The van der Waals surface area contributed by atoms with E-state index in [0.717, 1.165) is 97.9 Å². The first kappa shape index (κ1) is 41.9. The maximum Gasteiger partial charge on any atom is 0.306 e. The maximum absolute atomic E-state index is 13.1. The standard InChI is InChI=1S/C25H31N7O2S.C19H17N5O3S/c1-30(2)10-5-11-31(3)25(33)16-6-7-18-21(12-16)35-24-22(18)23(26-15-27-24)29-19-13-17-8-9-28-32(17)14-20(19)34-4;1-27-14-8-24-11(4-5-22-24)7-13(14)23-17-16-12-3-2-10(19(25)26)6-15(12)28-18(16)21-9-20-17/h8-9,13-16H,5-7,10-12H2,1-4H3,(H,26,27,29);4-5,7-10H,2-3,6H2,1H3,(H,25,26)(H,20,21,23)/t16-;10-/m00/s1. The second-order valence-corrected chi connectivity index (χ2v) is 18.3. The number of hydrogen-bond acceptors (Lipinski definition) is 15. The lowest BCUT2D eigenvalue weighted by molar-refractivity contribution is -0.142. The number of ether oxygens (including phenoxy) is 2. The molecule has 0 aliphatic heterocycles. The summed E-state index contributed by atoms with van der Waals surface area (Å²) in [7, 11) is 9.31. The number of amides is 1. The Morgan fingerprint density at radius 3 is 1.76 bits per heavy atom. The largest absolute Gasteiger partial charge is 0.493 e. The molecule has 3 N–H and O–H groups in total. The van der Waals surface area contributed by atoms with E-state index in [4.69, 9.17) is 9.47 Å². The summed E-state index contributed by atoms with van der Waals surface area (Å²) in [5.41, 5.74) is 5.92. The number of fused-ring (bicyclic) bond motifs is 8. The van der Waals surface area contributed by atoms with Gasteiger partial charge in [-0.25, -0.2) is 29.0 Å². The molecule has 0 aromatic carbocycles.